The van der Waals surface area contributed by atoms with Crippen LogP contribution in [-0.4, -0.2) is 59.4 Å². The predicted octanol–water partition coefficient (Wildman–Crippen LogP) is 3.11. The van der Waals surface area contributed by atoms with Crippen molar-refractivity contribution in [1.29, 1.82) is 0 Å². The molecule has 2 saturated heterocycles. The van der Waals surface area contributed by atoms with Crippen molar-refractivity contribution < 1.29 is 18.7 Å². The molecule has 7 heteroatoms. The first kappa shape index (κ1) is 21.4. The average molecular weight is 426 g/mol. The zero-order chi connectivity index (χ0) is 21.6. The van der Waals surface area contributed by atoms with Crippen LogP contribution in [0.5, 0.6) is 0 Å². The molecule has 1 aromatic heterocycles. The molecule has 2 amide bonds. The Morgan fingerprint density at radius 1 is 1.16 bits per heavy atom. The maximum absolute atomic E-state index is 13.4. The molecular formula is C24H28FN3O3. The smallest absolute Gasteiger partial charge is 0.249 e. The number of carbonyl (C=O) groups is 2. The summed E-state index contributed by atoms with van der Waals surface area (Å²) >= 11 is 0. The van der Waals surface area contributed by atoms with E-state index in [0.717, 1.165) is 42.6 Å². The first-order valence-electron chi connectivity index (χ1n) is 10.9. The minimum Gasteiger partial charge on any atom is -0.370 e. The number of hydrogen-bond acceptors (Lipinski definition) is 4. The van der Waals surface area contributed by atoms with Crippen LogP contribution in [0.3, 0.4) is 0 Å². The number of halogens is 1. The SMILES string of the molecule is O=C1CCCN1CCOCC(=O)N1CCC[C@H]1c1ccc(Cc2cccc(F)c2)cn1. The summed E-state index contributed by atoms with van der Waals surface area (Å²) in [6.45, 7) is 2.43. The molecule has 0 spiro atoms. The standard InChI is InChI=1S/C24H28FN3O3/c25-20-5-1-4-18(15-20)14-19-8-9-21(26-16-19)22-6-2-11-28(22)24(30)17-31-13-12-27-10-3-7-23(27)29/h1,4-5,8-9,15-16,22H,2-3,6-7,10-14,17H2/t22-/m0/s1. The number of benzene rings is 1. The maximum atomic E-state index is 13.4. The summed E-state index contributed by atoms with van der Waals surface area (Å²) in [6, 6.07) is 10.5. The van der Waals surface area contributed by atoms with Crippen LogP contribution in [0.2, 0.25) is 0 Å². The number of ether oxygens (including phenoxy) is 1. The number of likely N-dealkylation sites (tertiary alicyclic amines) is 2. The van der Waals surface area contributed by atoms with E-state index in [1.807, 2.05) is 29.3 Å². The Balaban J connectivity index is 1.29. The molecule has 1 aromatic carbocycles. The molecule has 2 aliphatic rings. The molecule has 31 heavy (non-hydrogen) atoms. The highest BCUT2D eigenvalue weighted by atomic mass is 19.1. The summed E-state index contributed by atoms with van der Waals surface area (Å²) in [4.78, 5) is 32.5. The van der Waals surface area contributed by atoms with Crippen LogP contribution in [0.4, 0.5) is 4.39 Å². The predicted molar refractivity (Wildman–Crippen MR) is 114 cm³/mol. The van der Waals surface area contributed by atoms with Crippen molar-refractivity contribution in [3.8, 4) is 0 Å². The van der Waals surface area contributed by atoms with Crippen molar-refractivity contribution in [2.24, 2.45) is 0 Å². The monoisotopic (exact) mass is 425 g/mol. The van der Waals surface area contributed by atoms with Gasteiger partial charge in [-0.05, 0) is 55.0 Å². The fourth-order valence-electron chi connectivity index (χ4n) is 4.35. The third kappa shape index (κ3) is 5.47. The van der Waals surface area contributed by atoms with Crippen LogP contribution in [-0.2, 0) is 20.7 Å². The highest BCUT2D eigenvalue weighted by Crippen LogP contribution is 2.31. The Hall–Kier alpha value is -2.80. The number of aromatic nitrogens is 1. The second-order valence-electron chi connectivity index (χ2n) is 8.18. The molecule has 2 aromatic rings. The lowest BCUT2D eigenvalue weighted by atomic mass is 10.0. The van der Waals surface area contributed by atoms with Crippen molar-refractivity contribution in [2.75, 3.05) is 32.8 Å². The minimum absolute atomic E-state index is 0.0240. The van der Waals surface area contributed by atoms with Gasteiger partial charge in [0.05, 0.1) is 18.3 Å². The Bertz CT molecular complexity index is 919. The molecule has 2 aliphatic heterocycles. The lowest BCUT2D eigenvalue weighted by Crippen LogP contribution is -2.35. The molecule has 2 fully saturated rings. The highest BCUT2D eigenvalue weighted by Gasteiger charge is 2.30. The van der Waals surface area contributed by atoms with E-state index >= 15 is 0 Å². The van der Waals surface area contributed by atoms with Gasteiger partial charge in [-0.3, -0.25) is 14.6 Å². The summed E-state index contributed by atoms with van der Waals surface area (Å²) < 4.78 is 18.9. The first-order chi connectivity index (χ1) is 15.1. The van der Waals surface area contributed by atoms with Crippen molar-refractivity contribution in [1.82, 2.24) is 14.8 Å². The molecule has 164 valence electrons. The van der Waals surface area contributed by atoms with Crippen molar-refractivity contribution in [3.63, 3.8) is 0 Å². The van der Waals surface area contributed by atoms with Gasteiger partial charge in [-0.15, -0.1) is 0 Å². The Morgan fingerprint density at radius 2 is 2.06 bits per heavy atom. The number of nitrogens with zero attached hydrogens (tertiary/aromatic N) is 3. The molecule has 3 heterocycles. The van der Waals surface area contributed by atoms with Crippen LogP contribution in [0, 0.1) is 5.82 Å². The number of hydrogen-bond donors (Lipinski definition) is 0. The fourth-order valence-corrected chi connectivity index (χ4v) is 4.35. The van der Waals surface area contributed by atoms with Gasteiger partial charge in [0.25, 0.3) is 0 Å². The second kappa shape index (κ2) is 10.0. The first-order valence-corrected chi connectivity index (χ1v) is 10.9. The molecule has 0 unspecified atom stereocenters. The third-order valence-corrected chi connectivity index (χ3v) is 5.96. The van der Waals surface area contributed by atoms with Crippen LogP contribution in [0.1, 0.15) is 48.5 Å². The van der Waals surface area contributed by atoms with E-state index in [0.29, 0.717) is 32.5 Å². The molecule has 6 nitrogen and oxygen atoms in total. The van der Waals surface area contributed by atoms with Gasteiger partial charge in [-0.1, -0.05) is 18.2 Å². The van der Waals surface area contributed by atoms with Gasteiger partial charge in [0, 0.05) is 32.3 Å². The van der Waals surface area contributed by atoms with Gasteiger partial charge in [0.2, 0.25) is 11.8 Å². The molecular weight excluding hydrogens is 397 g/mol. The average Bonchev–Trinajstić information content (AvgIpc) is 3.41. The Morgan fingerprint density at radius 3 is 2.81 bits per heavy atom. The molecule has 0 radical (unpaired) electrons. The molecule has 4 rings (SSSR count). The van der Waals surface area contributed by atoms with Gasteiger partial charge >= 0.3 is 0 Å². The largest absolute Gasteiger partial charge is 0.370 e. The summed E-state index contributed by atoms with van der Waals surface area (Å²) in [5, 5.41) is 0. The second-order valence-corrected chi connectivity index (χ2v) is 8.18. The Kier molecular flexibility index (Phi) is 6.92. The van der Waals surface area contributed by atoms with Crippen molar-refractivity contribution >= 4 is 11.8 Å². The Labute approximate surface area is 182 Å². The quantitative estimate of drug-likeness (QED) is 0.610. The summed E-state index contributed by atoms with van der Waals surface area (Å²) in [7, 11) is 0. The number of carbonyl (C=O) groups excluding carboxylic acids is 2. The van der Waals surface area contributed by atoms with Crippen LogP contribution in [0.15, 0.2) is 42.6 Å². The zero-order valence-corrected chi connectivity index (χ0v) is 17.6. The summed E-state index contributed by atoms with van der Waals surface area (Å²) in [6.07, 6.45) is 5.76. The number of amides is 2. The maximum Gasteiger partial charge on any atom is 0.249 e. The van der Waals surface area contributed by atoms with Crippen LogP contribution >= 0.6 is 0 Å². The molecule has 0 N–H and O–H groups in total. The van der Waals surface area contributed by atoms with Crippen molar-refractivity contribution in [2.45, 2.75) is 38.1 Å². The normalized spacial score (nSPS) is 18.7. The lowest BCUT2D eigenvalue weighted by Gasteiger charge is -2.24. The molecule has 0 saturated carbocycles. The van der Waals surface area contributed by atoms with Gasteiger partial charge in [-0.25, -0.2) is 4.39 Å². The van der Waals surface area contributed by atoms with Gasteiger partial charge in [0.1, 0.15) is 12.4 Å². The highest BCUT2D eigenvalue weighted by molar-refractivity contribution is 5.78. The van der Waals surface area contributed by atoms with Gasteiger partial charge in [-0.2, -0.15) is 0 Å². The van der Waals surface area contributed by atoms with Gasteiger partial charge < -0.3 is 14.5 Å². The van der Waals surface area contributed by atoms with E-state index in [9.17, 15) is 14.0 Å². The zero-order valence-electron chi connectivity index (χ0n) is 17.6. The molecule has 0 aliphatic carbocycles. The van der Waals surface area contributed by atoms with Crippen molar-refractivity contribution in [3.05, 3.63) is 65.2 Å². The fraction of sp³-hybridized carbons (Fsp3) is 0.458. The summed E-state index contributed by atoms with van der Waals surface area (Å²) in [5.41, 5.74) is 2.78. The van der Waals surface area contributed by atoms with E-state index in [-0.39, 0.29) is 30.3 Å². The van der Waals surface area contributed by atoms with E-state index in [1.54, 1.807) is 11.0 Å². The van der Waals surface area contributed by atoms with E-state index in [2.05, 4.69) is 4.98 Å². The minimum atomic E-state index is -0.239. The number of pyridine rings is 1. The van der Waals surface area contributed by atoms with E-state index in [4.69, 9.17) is 4.74 Å². The lowest BCUT2D eigenvalue weighted by molar-refractivity contribution is -0.137. The van der Waals surface area contributed by atoms with Gasteiger partial charge in [0.15, 0.2) is 0 Å². The number of rotatable bonds is 8. The molecule has 1 atom stereocenters. The third-order valence-electron chi connectivity index (χ3n) is 5.96. The summed E-state index contributed by atoms with van der Waals surface area (Å²) in [5.74, 6) is -0.112. The topological polar surface area (TPSA) is 62.7 Å². The van der Waals surface area contributed by atoms with E-state index in [1.165, 1.54) is 12.1 Å². The van der Waals surface area contributed by atoms with Crippen LogP contribution < -0.4 is 0 Å². The molecule has 0 bridgehead atoms. The van der Waals surface area contributed by atoms with E-state index < -0.39 is 0 Å². The van der Waals surface area contributed by atoms with Crippen LogP contribution in [0.25, 0.3) is 0 Å².